The van der Waals surface area contributed by atoms with Crippen molar-refractivity contribution in [2.45, 2.75) is 31.9 Å². The second kappa shape index (κ2) is 7.00. The van der Waals surface area contributed by atoms with Gasteiger partial charge in [-0.05, 0) is 48.9 Å². The molecule has 1 unspecified atom stereocenters. The standard InChI is InChI=1S/C23H26N2O/c1-17(19-11-7-9-18-8-3-4-10-20(18)19)24-15-14-23(2)16-25-21-12-5-6-13-22(21)26-23/h3-13,17,24-25H,14-16H2,1-2H3/t17-,23?/m1/s1. The lowest BCUT2D eigenvalue weighted by molar-refractivity contribution is 0.0850. The van der Waals surface area contributed by atoms with Crippen LogP contribution in [0.1, 0.15) is 31.9 Å². The van der Waals surface area contributed by atoms with Crippen molar-refractivity contribution >= 4 is 16.5 Å². The summed E-state index contributed by atoms with van der Waals surface area (Å²) in [6.07, 6.45) is 0.948. The molecule has 1 aliphatic heterocycles. The van der Waals surface area contributed by atoms with Gasteiger partial charge in [0.2, 0.25) is 0 Å². The monoisotopic (exact) mass is 346 g/mol. The van der Waals surface area contributed by atoms with Gasteiger partial charge in [-0.25, -0.2) is 0 Å². The molecule has 0 saturated carbocycles. The van der Waals surface area contributed by atoms with Crippen molar-refractivity contribution in [3.8, 4) is 5.75 Å². The van der Waals surface area contributed by atoms with E-state index >= 15 is 0 Å². The van der Waals surface area contributed by atoms with Crippen LogP contribution in [0, 0.1) is 0 Å². The van der Waals surface area contributed by atoms with E-state index < -0.39 is 0 Å². The first kappa shape index (κ1) is 16.9. The van der Waals surface area contributed by atoms with Crippen LogP contribution in [0.4, 0.5) is 5.69 Å². The molecule has 0 bridgehead atoms. The average molecular weight is 346 g/mol. The lowest BCUT2D eigenvalue weighted by Crippen LogP contribution is -2.45. The summed E-state index contributed by atoms with van der Waals surface area (Å²) < 4.78 is 6.27. The minimum Gasteiger partial charge on any atom is -0.484 e. The fraction of sp³-hybridized carbons (Fsp3) is 0.304. The largest absolute Gasteiger partial charge is 0.484 e. The summed E-state index contributed by atoms with van der Waals surface area (Å²) in [5.41, 5.74) is 2.24. The smallest absolute Gasteiger partial charge is 0.143 e. The third-order valence-corrected chi connectivity index (χ3v) is 5.29. The molecular weight excluding hydrogens is 320 g/mol. The maximum atomic E-state index is 6.27. The maximum Gasteiger partial charge on any atom is 0.143 e. The van der Waals surface area contributed by atoms with E-state index in [0.717, 1.165) is 30.9 Å². The van der Waals surface area contributed by atoms with Crippen LogP contribution < -0.4 is 15.4 Å². The number of anilines is 1. The number of rotatable bonds is 5. The van der Waals surface area contributed by atoms with E-state index in [9.17, 15) is 0 Å². The summed E-state index contributed by atoms with van der Waals surface area (Å²) in [5, 5.41) is 9.79. The molecule has 3 aromatic carbocycles. The molecule has 0 saturated heterocycles. The van der Waals surface area contributed by atoms with Crippen molar-refractivity contribution in [2.75, 3.05) is 18.4 Å². The highest BCUT2D eigenvalue weighted by Gasteiger charge is 2.31. The van der Waals surface area contributed by atoms with Gasteiger partial charge < -0.3 is 15.4 Å². The van der Waals surface area contributed by atoms with E-state index in [2.05, 4.69) is 73.0 Å². The van der Waals surface area contributed by atoms with Gasteiger partial charge >= 0.3 is 0 Å². The topological polar surface area (TPSA) is 33.3 Å². The SMILES string of the molecule is C[C@@H](NCCC1(C)CNc2ccccc2O1)c1cccc2ccccc12. The second-order valence-electron chi connectivity index (χ2n) is 7.40. The van der Waals surface area contributed by atoms with Crippen LogP contribution in [0.15, 0.2) is 66.7 Å². The van der Waals surface area contributed by atoms with Crippen molar-refractivity contribution in [1.29, 1.82) is 0 Å². The van der Waals surface area contributed by atoms with Gasteiger partial charge in [0.05, 0.1) is 12.2 Å². The van der Waals surface area contributed by atoms with E-state index in [1.165, 1.54) is 16.3 Å². The molecule has 3 aromatic rings. The Labute approximate surface area is 155 Å². The van der Waals surface area contributed by atoms with Crippen molar-refractivity contribution in [1.82, 2.24) is 5.32 Å². The van der Waals surface area contributed by atoms with E-state index in [4.69, 9.17) is 4.74 Å². The number of fused-ring (bicyclic) bond motifs is 2. The molecule has 1 aliphatic rings. The second-order valence-corrected chi connectivity index (χ2v) is 7.40. The Bertz CT molecular complexity index is 902. The number of para-hydroxylation sites is 2. The number of benzene rings is 3. The van der Waals surface area contributed by atoms with Gasteiger partial charge in [-0.2, -0.15) is 0 Å². The van der Waals surface area contributed by atoms with Crippen molar-refractivity contribution in [3.63, 3.8) is 0 Å². The molecule has 0 aromatic heterocycles. The Morgan fingerprint density at radius 2 is 1.81 bits per heavy atom. The molecule has 134 valence electrons. The molecule has 1 heterocycles. The van der Waals surface area contributed by atoms with Crippen molar-refractivity contribution in [2.24, 2.45) is 0 Å². The Kier molecular flexibility index (Phi) is 4.56. The lowest BCUT2D eigenvalue weighted by Gasteiger charge is -2.37. The highest BCUT2D eigenvalue weighted by molar-refractivity contribution is 5.86. The molecule has 0 fully saturated rings. The third kappa shape index (κ3) is 3.40. The molecule has 4 rings (SSSR count). The average Bonchev–Trinajstić information content (AvgIpc) is 2.67. The van der Waals surface area contributed by atoms with Crippen LogP contribution >= 0.6 is 0 Å². The normalized spacial score (nSPS) is 20.1. The molecule has 3 heteroatoms. The fourth-order valence-corrected chi connectivity index (χ4v) is 3.72. The number of nitrogens with one attached hydrogen (secondary N) is 2. The number of hydrogen-bond acceptors (Lipinski definition) is 3. The highest BCUT2D eigenvalue weighted by atomic mass is 16.5. The Balaban J connectivity index is 1.40. The zero-order valence-corrected chi connectivity index (χ0v) is 15.5. The van der Waals surface area contributed by atoms with Gasteiger partial charge in [0.15, 0.2) is 0 Å². The number of hydrogen-bond donors (Lipinski definition) is 2. The predicted octanol–water partition coefficient (Wildman–Crippen LogP) is 5.14. The first-order valence-electron chi connectivity index (χ1n) is 9.38. The minimum absolute atomic E-state index is 0.195. The van der Waals surface area contributed by atoms with Crippen LogP contribution in [0.3, 0.4) is 0 Å². The molecule has 26 heavy (non-hydrogen) atoms. The van der Waals surface area contributed by atoms with Gasteiger partial charge in [0.25, 0.3) is 0 Å². The predicted molar refractivity (Wildman–Crippen MR) is 109 cm³/mol. The van der Waals surface area contributed by atoms with Crippen LogP contribution in [0.25, 0.3) is 10.8 Å². The Morgan fingerprint density at radius 3 is 2.73 bits per heavy atom. The lowest BCUT2D eigenvalue weighted by atomic mass is 9.97. The maximum absolute atomic E-state index is 6.27. The first-order chi connectivity index (χ1) is 12.6. The summed E-state index contributed by atoms with van der Waals surface area (Å²) in [5.74, 6) is 0.948. The van der Waals surface area contributed by atoms with Gasteiger partial charge in [-0.3, -0.25) is 0 Å². The Morgan fingerprint density at radius 1 is 1.04 bits per heavy atom. The summed E-state index contributed by atoms with van der Waals surface area (Å²) in [6.45, 7) is 6.15. The molecule has 0 aliphatic carbocycles. The molecule has 0 amide bonds. The van der Waals surface area contributed by atoms with Crippen LogP contribution in [-0.4, -0.2) is 18.7 Å². The quantitative estimate of drug-likeness (QED) is 0.671. The highest BCUT2D eigenvalue weighted by Crippen LogP contribution is 2.33. The molecule has 2 N–H and O–H groups in total. The first-order valence-corrected chi connectivity index (χ1v) is 9.38. The minimum atomic E-state index is -0.195. The third-order valence-electron chi connectivity index (χ3n) is 5.29. The van der Waals surface area contributed by atoms with Gasteiger partial charge in [0, 0.05) is 12.5 Å². The summed E-state index contributed by atoms with van der Waals surface area (Å²) in [6, 6.07) is 23.6. The number of ether oxygens (including phenoxy) is 1. The molecule has 0 radical (unpaired) electrons. The van der Waals surface area contributed by atoms with Gasteiger partial charge in [0.1, 0.15) is 11.4 Å². The zero-order chi connectivity index (χ0) is 18.0. The van der Waals surface area contributed by atoms with Crippen LogP contribution in [0.5, 0.6) is 5.75 Å². The molecular formula is C23H26N2O. The molecule has 3 nitrogen and oxygen atoms in total. The van der Waals surface area contributed by atoms with Gasteiger partial charge in [-0.15, -0.1) is 0 Å². The Hall–Kier alpha value is -2.52. The van der Waals surface area contributed by atoms with E-state index in [0.29, 0.717) is 6.04 Å². The van der Waals surface area contributed by atoms with Crippen LogP contribution in [-0.2, 0) is 0 Å². The zero-order valence-electron chi connectivity index (χ0n) is 15.5. The van der Waals surface area contributed by atoms with Crippen molar-refractivity contribution in [3.05, 3.63) is 72.3 Å². The summed E-state index contributed by atoms with van der Waals surface area (Å²) in [7, 11) is 0. The molecule has 0 spiro atoms. The van der Waals surface area contributed by atoms with E-state index in [1.54, 1.807) is 0 Å². The van der Waals surface area contributed by atoms with Crippen molar-refractivity contribution < 1.29 is 4.74 Å². The van der Waals surface area contributed by atoms with Crippen LogP contribution in [0.2, 0.25) is 0 Å². The fourth-order valence-electron chi connectivity index (χ4n) is 3.72. The summed E-state index contributed by atoms with van der Waals surface area (Å²) >= 11 is 0. The van der Waals surface area contributed by atoms with E-state index in [1.807, 2.05) is 18.2 Å². The van der Waals surface area contributed by atoms with Gasteiger partial charge in [-0.1, -0.05) is 54.6 Å². The van der Waals surface area contributed by atoms with E-state index in [-0.39, 0.29) is 5.60 Å². The summed E-state index contributed by atoms with van der Waals surface area (Å²) in [4.78, 5) is 0. The molecule has 2 atom stereocenters.